The molecule has 0 amide bonds. The highest BCUT2D eigenvalue weighted by Gasteiger charge is 2.46. The third kappa shape index (κ3) is 4.60. The first-order valence-corrected chi connectivity index (χ1v) is 10.7. The largest absolute Gasteiger partial charge is 0.485 e. The van der Waals surface area contributed by atoms with Crippen LogP contribution in [0.25, 0.3) is 0 Å². The van der Waals surface area contributed by atoms with Crippen molar-refractivity contribution in [2.24, 2.45) is 16.2 Å². The van der Waals surface area contributed by atoms with Gasteiger partial charge >= 0.3 is 5.97 Å². The molecule has 0 aromatic carbocycles. The number of carboxylic acids is 1. The standard InChI is InChI=1S/C26H36O3/c1-17(13-21(27)28)9-8-10-18-15-24(2,3)16-19-14-20-23(29-22(18)19)26(6,7)12-11-25(20,4)5/h8-10,13-14,22H,11-12,15-16H2,1-7H3,(H,27,28)/b9-8+,17-13+,18-10?. The number of hydrogen-bond donors (Lipinski definition) is 1. The van der Waals surface area contributed by atoms with Gasteiger partial charge in [0.05, 0.1) is 0 Å². The van der Waals surface area contributed by atoms with Crippen molar-refractivity contribution in [3.63, 3.8) is 0 Å². The van der Waals surface area contributed by atoms with Crippen molar-refractivity contribution in [2.45, 2.75) is 80.3 Å². The Morgan fingerprint density at radius 3 is 2.41 bits per heavy atom. The molecule has 1 unspecified atom stereocenters. The summed E-state index contributed by atoms with van der Waals surface area (Å²) in [5.74, 6) is 0.250. The van der Waals surface area contributed by atoms with Crippen molar-refractivity contribution in [2.75, 3.05) is 0 Å². The van der Waals surface area contributed by atoms with E-state index in [1.54, 1.807) is 6.92 Å². The van der Waals surface area contributed by atoms with Crippen molar-refractivity contribution in [3.8, 4) is 0 Å². The van der Waals surface area contributed by atoms with Gasteiger partial charge in [-0.15, -0.1) is 0 Å². The van der Waals surface area contributed by atoms with Crippen LogP contribution in [0.5, 0.6) is 0 Å². The highest BCUT2D eigenvalue weighted by molar-refractivity contribution is 5.81. The molecule has 1 N–H and O–H groups in total. The average molecular weight is 397 g/mol. The molecule has 1 heterocycles. The van der Waals surface area contributed by atoms with E-state index in [2.05, 4.69) is 53.7 Å². The number of hydrogen-bond acceptors (Lipinski definition) is 2. The third-order valence-corrected chi connectivity index (χ3v) is 6.59. The molecule has 1 fully saturated rings. The van der Waals surface area contributed by atoms with E-state index in [-0.39, 0.29) is 22.3 Å². The zero-order valence-electron chi connectivity index (χ0n) is 19.1. The summed E-state index contributed by atoms with van der Waals surface area (Å²) in [6.45, 7) is 15.7. The Morgan fingerprint density at radius 2 is 1.76 bits per heavy atom. The summed E-state index contributed by atoms with van der Waals surface area (Å²) in [4.78, 5) is 10.8. The summed E-state index contributed by atoms with van der Waals surface area (Å²) in [6, 6.07) is 0. The molecule has 1 aliphatic heterocycles. The lowest BCUT2D eigenvalue weighted by atomic mass is 9.63. The van der Waals surface area contributed by atoms with Crippen LogP contribution in [-0.4, -0.2) is 17.2 Å². The van der Waals surface area contributed by atoms with Gasteiger partial charge in [-0.3, -0.25) is 0 Å². The summed E-state index contributed by atoms with van der Waals surface area (Å²) in [7, 11) is 0. The maximum absolute atomic E-state index is 10.8. The smallest absolute Gasteiger partial charge is 0.328 e. The van der Waals surface area contributed by atoms with Crippen LogP contribution < -0.4 is 0 Å². The Hall–Kier alpha value is -2.03. The zero-order chi connectivity index (χ0) is 21.6. The molecule has 0 bridgehead atoms. The second-order valence-corrected chi connectivity index (χ2v) is 11.1. The van der Waals surface area contributed by atoms with E-state index in [0.29, 0.717) is 0 Å². The van der Waals surface area contributed by atoms with Gasteiger partial charge in [0.15, 0.2) is 0 Å². The van der Waals surface area contributed by atoms with Gasteiger partial charge in [-0.25, -0.2) is 4.79 Å². The molecule has 3 heteroatoms. The fourth-order valence-electron chi connectivity index (χ4n) is 4.91. The van der Waals surface area contributed by atoms with Gasteiger partial charge in [0.1, 0.15) is 11.9 Å². The van der Waals surface area contributed by atoms with Gasteiger partial charge in [-0.2, -0.15) is 0 Å². The highest BCUT2D eigenvalue weighted by atomic mass is 16.5. The fraction of sp³-hybridized carbons (Fsp3) is 0.577. The normalized spacial score (nSPS) is 29.2. The topological polar surface area (TPSA) is 46.5 Å². The molecule has 1 atom stereocenters. The van der Waals surface area contributed by atoms with Crippen molar-refractivity contribution in [3.05, 3.63) is 58.4 Å². The first kappa shape index (κ1) is 21.7. The van der Waals surface area contributed by atoms with E-state index in [0.717, 1.165) is 24.8 Å². The van der Waals surface area contributed by atoms with Crippen LogP contribution in [-0.2, 0) is 9.53 Å². The second kappa shape index (κ2) is 7.34. The van der Waals surface area contributed by atoms with Crippen molar-refractivity contribution >= 4 is 5.97 Å². The van der Waals surface area contributed by atoms with E-state index in [1.807, 2.05) is 12.2 Å². The molecule has 2 aliphatic carbocycles. The molecule has 0 saturated heterocycles. The molecule has 1 saturated carbocycles. The summed E-state index contributed by atoms with van der Waals surface area (Å²) >= 11 is 0. The van der Waals surface area contributed by atoms with E-state index >= 15 is 0 Å². The summed E-state index contributed by atoms with van der Waals surface area (Å²) in [5.41, 5.74) is 5.15. The van der Waals surface area contributed by atoms with Crippen LogP contribution in [0.2, 0.25) is 0 Å². The molecule has 29 heavy (non-hydrogen) atoms. The van der Waals surface area contributed by atoms with Gasteiger partial charge in [0.2, 0.25) is 0 Å². The minimum Gasteiger partial charge on any atom is -0.485 e. The van der Waals surface area contributed by atoms with Crippen molar-refractivity contribution in [1.82, 2.24) is 0 Å². The lowest BCUT2D eigenvalue weighted by Gasteiger charge is -2.49. The molecular weight excluding hydrogens is 360 g/mol. The predicted octanol–water partition coefficient (Wildman–Crippen LogP) is 6.75. The Balaban J connectivity index is 1.99. The maximum atomic E-state index is 10.8. The maximum Gasteiger partial charge on any atom is 0.328 e. The van der Waals surface area contributed by atoms with Crippen LogP contribution in [0.4, 0.5) is 0 Å². The average Bonchev–Trinajstić information content (AvgIpc) is 2.56. The molecule has 0 aromatic rings. The number of allylic oxidation sites excluding steroid dienone is 7. The quantitative estimate of drug-likeness (QED) is 0.424. The van der Waals surface area contributed by atoms with E-state index in [4.69, 9.17) is 9.84 Å². The second-order valence-electron chi connectivity index (χ2n) is 11.1. The lowest BCUT2D eigenvalue weighted by molar-refractivity contribution is -0.131. The van der Waals surface area contributed by atoms with Crippen molar-refractivity contribution < 1.29 is 14.6 Å². The van der Waals surface area contributed by atoms with Crippen LogP contribution in [0.3, 0.4) is 0 Å². The lowest BCUT2D eigenvalue weighted by Crippen LogP contribution is -2.40. The number of aliphatic carboxylic acids is 1. The van der Waals surface area contributed by atoms with E-state index < -0.39 is 5.97 Å². The SMILES string of the molecule is CC(/C=C/C=C1CC(C)(C)CC2=CC3=C(OC12)C(C)(C)CCC3(C)C)=C\C(=O)O. The Labute approximate surface area is 175 Å². The van der Waals surface area contributed by atoms with Crippen LogP contribution >= 0.6 is 0 Å². The molecule has 0 spiro atoms. The number of ether oxygens (including phenoxy) is 1. The van der Waals surface area contributed by atoms with Gasteiger partial charge in [-0.05, 0) is 65.7 Å². The molecule has 3 aliphatic rings. The van der Waals surface area contributed by atoms with Crippen LogP contribution in [0, 0.1) is 16.2 Å². The Kier molecular flexibility index (Phi) is 5.49. The van der Waals surface area contributed by atoms with Gasteiger partial charge in [-0.1, -0.05) is 65.8 Å². The molecule has 0 radical (unpaired) electrons. The van der Waals surface area contributed by atoms with Gasteiger partial charge < -0.3 is 9.84 Å². The Bertz CT molecular complexity index is 856. The third-order valence-electron chi connectivity index (χ3n) is 6.59. The van der Waals surface area contributed by atoms with E-state index in [1.165, 1.54) is 35.0 Å². The minimum atomic E-state index is -0.916. The molecule has 158 valence electrons. The monoisotopic (exact) mass is 396 g/mol. The minimum absolute atomic E-state index is 0.00311. The molecule has 0 aromatic heterocycles. The summed E-state index contributed by atoms with van der Waals surface area (Å²) in [6.07, 6.45) is 14.0. The molecular formula is C26H36O3. The predicted molar refractivity (Wildman–Crippen MR) is 118 cm³/mol. The molecule has 3 rings (SSSR count). The van der Waals surface area contributed by atoms with Crippen LogP contribution in [0.15, 0.2) is 58.4 Å². The highest BCUT2D eigenvalue weighted by Crippen LogP contribution is 2.55. The first-order valence-electron chi connectivity index (χ1n) is 10.7. The van der Waals surface area contributed by atoms with Crippen molar-refractivity contribution in [1.29, 1.82) is 0 Å². The van der Waals surface area contributed by atoms with Gasteiger partial charge in [0, 0.05) is 11.5 Å². The van der Waals surface area contributed by atoms with E-state index in [9.17, 15) is 4.79 Å². The van der Waals surface area contributed by atoms with Gasteiger partial charge in [0.25, 0.3) is 0 Å². The molecule has 3 nitrogen and oxygen atoms in total. The number of rotatable bonds is 3. The number of fused-ring (bicyclic) bond motifs is 1. The van der Waals surface area contributed by atoms with Crippen LogP contribution in [0.1, 0.15) is 74.1 Å². The number of carboxylic acid groups (broad SMARTS) is 1. The zero-order valence-corrected chi connectivity index (χ0v) is 19.1. The summed E-state index contributed by atoms with van der Waals surface area (Å²) in [5, 5.41) is 8.90. The fourth-order valence-corrected chi connectivity index (χ4v) is 4.91. The summed E-state index contributed by atoms with van der Waals surface area (Å²) < 4.78 is 6.77. The number of carbonyl (C=O) groups is 1. The first-order chi connectivity index (χ1) is 13.3. The Morgan fingerprint density at radius 1 is 1.10 bits per heavy atom.